The van der Waals surface area contributed by atoms with E-state index in [0.717, 1.165) is 24.1 Å². The monoisotopic (exact) mass is 383 g/mol. The third-order valence-corrected chi connectivity index (χ3v) is 5.23. The van der Waals surface area contributed by atoms with Crippen molar-refractivity contribution in [3.8, 4) is 0 Å². The fourth-order valence-corrected chi connectivity index (χ4v) is 3.48. The third kappa shape index (κ3) is 4.71. The number of hydrogen-bond donors (Lipinski definition) is 2. The molecule has 0 saturated carbocycles. The van der Waals surface area contributed by atoms with Crippen LogP contribution in [-0.2, 0) is 30.6 Å². The fourth-order valence-electron chi connectivity index (χ4n) is 3.48. The van der Waals surface area contributed by atoms with Crippen LogP contribution in [0, 0.1) is 0 Å². The predicted octanol–water partition coefficient (Wildman–Crippen LogP) is 2.97. The van der Waals surface area contributed by atoms with Crippen molar-refractivity contribution in [2.75, 3.05) is 26.5 Å². The minimum Gasteiger partial charge on any atom is -0.349 e. The highest BCUT2D eigenvalue weighted by Crippen LogP contribution is 2.23. The lowest BCUT2D eigenvalue weighted by Crippen LogP contribution is -2.32. The second-order valence-electron chi connectivity index (χ2n) is 7.60. The average Bonchev–Trinajstić information content (AvgIpc) is 2.89. The Morgan fingerprint density at radius 2 is 1.86 bits per heavy atom. The maximum Gasteiger partial charge on any atom is 0.321 e. The van der Waals surface area contributed by atoms with Crippen LogP contribution in [-0.4, -0.2) is 53.1 Å². The normalized spacial score (nSPS) is 13.4. The zero-order valence-corrected chi connectivity index (χ0v) is 16.9. The number of carbonyl (C=O) groups excluding carboxylic acids is 2. The number of benzene rings is 1. The molecule has 7 nitrogen and oxygen atoms in total. The van der Waals surface area contributed by atoms with Crippen molar-refractivity contribution < 1.29 is 9.59 Å². The van der Waals surface area contributed by atoms with Crippen LogP contribution in [0.3, 0.4) is 0 Å². The molecule has 1 heterocycles. The Bertz CT molecular complexity index is 843. The molecule has 0 unspecified atom stereocenters. The molecule has 0 radical (unpaired) electrons. The SMILES string of the molecule is CN(C)C(=O)Cc1ccccc1NC(=O)N(C)Cc1n[nH]c2c1CCCCC2. The molecule has 150 valence electrons. The topological polar surface area (TPSA) is 81.3 Å². The lowest BCUT2D eigenvalue weighted by molar-refractivity contribution is -0.127. The largest absolute Gasteiger partial charge is 0.349 e. The summed E-state index contributed by atoms with van der Waals surface area (Å²) in [4.78, 5) is 28.0. The molecule has 1 aromatic carbocycles. The first-order valence-electron chi connectivity index (χ1n) is 9.81. The molecular formula is C21H29N5O2. The van der Waals surface area contributed by atoms with E-state index in [2.05, 4.69) is 15.5 Å². The summed E-state index contributed by atoms with van der Waals surface area (Å²) in [6.45, 7) is 0.455. The second-order valence-corrected chi connectivity index (χ2v) is 7.60. The van der Waals surface area contributed by atoms with Gasteiger partial charge >= 0.3 is 6.03 Å². The summed E-state index contributed by atoms with van der Waals surface area (Å²) >= 11 is 0. The zero-order valence-electron chi connectivity index (χ0n) is 16.9. The van der Waals surface area contributed by atoms with Crippen LogP contribution in [0.1, 0.15) is 41.8 Å². The number of aromatic amines is 1. The van der Waals surface area contributed by atoms with E-state index in [-0.39, 0.29) is 18.4 Å². The summed E-state index contributed by atoms with van der Waals surface area (Å²) in [6, 6.07) is 7.20. The van der Waals surface area contributed by atoms with Gasteiger partial charge in [-0.2, -0.15) is 5.10 Å². The average molecular weight is 383 g/mol. The Morgan fingerprint density at radius 3 is 2.64 bits per heavy atom. The summed E-state index contributed by atoms with van der Waals surface area (Å²) < 4.78 is 0. The van der Waals surface area contributed by atoms with Crippen molar-refractivity contribution in [3.05, 3.63) is 46.8 Å². The number of para-hydroxylation sites is 1. The van der Waals surface area contributed by atoms with Crippen molar-refractivity contribution in [1.29, 1.82) is 0 Å². The minimum absolute atomic E-state index is 0.00531. The van der Waals surface area contributed by atoms with E-state index >= 15 is 0 Å². The molecule has 0 saturated heterocycles. The van der Waals surface area contributed by atoms with E-state index < -0.39 is 0 Å². The van der Waals surface area contributed by atoms with Crippen LogP contribution in [0.25, 0.3) is 0 Å². The van der Waals surface area contributed by atoms with Crippen LogP contribution >= 0.6 is 0 Å². The highest BCUT2D eigenvalue weighted by Gasteiger charge is 2.19. The highest BCUT2D eigenvalue weighted by atomic mass is 16.2. The van der Waals surface area contributed by atoms with E-state index in [1.165, 1.54) is 30.5 Å². The standard InChI is InChI=1S/C21H29N5O2/c1-25(2)20(27)13-15-9-7-8-11-17(15)22-21(28)26(3)14-19-16-10-5-4-6-12-18(16)23-24-19/h7-9,11H,4-6,10,12-14H2,1-3H3,(H,22,28)(H,23,24). The number of rotatable bonds is 5. The van der Waals surface area contributed by atoms with E-state index in [1.807, 2.05) is 24.3 Å². The van der Waals surface area contributed by atoms with E-state index in [1.54, 1.807) is 30.9 Å². The van der Waals surface area contributed by atoms with Gasteiger partial charge in [-0.05, 0) is 42.9 Å². The zero-order chi connectivity index (χ0) is 20.1. The van der Waals surface area contributed by atoms with Crippen molar-refractivity contribution in [2.45, 2.75) is 45.1 Å². The molecule has 0 aliphatic heterocycles. The Labute approximate surface area is 166 Å². The number of hydrogen-bond acceptors (Lipinski definition) is 3. The Kier molecular flexibility index (Phi) is 6.34. The van der Waals surface area contributed by atoms with Gasteiger partial charge in [0, 0.05) is 32.5 Å². The van der Waals surface area contributed by atoms with Gasteiger partial charge in [-0.1, -0.05) is 24.6 Å². The van der Waals surface area contributed by atoms with Gasteiger partial charge in [0.1, 0.15) is 0 Å². The second kappa shape index (κ2) is 8.91. The number of aryl methyl sites for hydroxylation is 1. The van der Waals surface area contributed by atoms with Crippen molar-refractivity contribution in [3.63, 3.8) is 0 Å². The van der Waals surface area contributed by atoms with E-state index in [9.17, 15) is 9.59 Å². The molecule has 0 fully saturated rings. The molecule has 3 rings (SSSR count). The maximum atomic E-state index is 12.7. The Hall–Kier alpha value is -2.83. The minimum atomic E-state index is -0.213. The van der Waals surface area contributed by atoms with E-state index in [0.29, 0.717) is 12.2 Å². The van der Waals surface area contributed by atoms with Gasteiger partial charge in [0.05, 0.1) is 18.7 Å². The number of aromatic nitrogens is 2. The van der Waals surface area contributed by atoms with Crippen LogP contribution in [0.5, 0.6) is 0 Å². The number of nitrogens with one attached hydrogen (secondary N) is 2. The fraction of sp³-hybridized carbons (Fsp3) is 0.476. The molecule has 2 N–H and O–H groups in total. The summed E-state index contributed by atoms with van der Waals surface area (Å²) in [6.07, 6.45) is 5.90. The number of H-pyrrole nitrogens is 1. The summed E-state index contributed by atoms with van der Waals surface area (Å²) in [5.41, 5.74) is 4.90. The number of anilines is 1. The summed E-state index contributed by atoms with van der Waals surface area (Å²) in [7, 11) is 5.22. The Morgan fingerprint density at radius 1 is 1.11 bits per heavy atom. The molecule has 1 aliphatic rings. The Balaban J connectivity index is 1.67. The first-order valence-corrected chi connectivity index (χ1v) is 9.81. The number of urea groups is 1. The van der Waals surface area contributed by atoms with Crippen molar-refractivity contribution >= 4 is 17.6 Å². The smallest absolute Gasteiger partial charge is 0.321 e. The third-order valence-electron chi connectivity index (χ3n) is 5.23. The first-order chi connectivity index (χ1) is 13.5. The van der Waals surface area contributed by atoms with Gasteiger partial charge in [0.15, 0.2) is 0 Å². The van der Waals surface area contributed by atoms with Crippen LogP contribution in [0.2, 0.25) is 0 Å². The summed E-state index contributed by atoms with van der Waals surface area (Å²) in [5, 5.41) is 10.5. The number of nitrogens with zero attached hydrogens (tertiary/aromatic N) is 3. The van der Waals surface area contributed by atoms with Crippen molar-refractivity contribution in [2.24, 2.45) is 0 Å². The lowest BCUT2D eigenvalue weighted by atomic mass is 10.1. The van der Waals surface area contributed by atoms with Crippen LogP contribution < -0.4 is 5.32 Å². The number of likely N-dealkylation sites (N-methyl/N-ethyl adjacent to an activating group) is 1. The number of fused-ring (bicyclic) bond motifs is 1. The van der Waals surface area contributed by atoms with Crippen molar-refractivity contribution in [1.82, 2.24) is 20.0 Å². The first kappa shape index (κ1) is 19.9. The highest BCUT2D eigenvalue weighted by molar-refractivity contribution is 5.91. The van der Waals surface area contributed by atoms with E-state index in [4.69, 9.17) is 0 Å². The van der Waals surface area contributed by atoms with Gasteiger partial charge in [-0.15, -0.1) is 0 Å². The van der Waals surface area contributed by atoms with Gasteiger partial charge < -0.3 is 15.1 Å². The molecule has 2 aromatic rings. The molecule has 3 amide bonds. The quantitative estimate of drug-likeness (QED) is 0.779. The molecular weight excluding hydrogens is 354 g/mol. The molecule has 0 spiro atoms. The van der Waals surface area contributed by atoms with Gasteiger partial charge in [0.2, 0.25) is 5.91 Å². The molecule has 1 aliphatic carbocycles. The van der Waals surface area contributed by atoms with Gasteiger partial charge in [-0.25, -0.2) is 4.79 Å². The van der Waals surface area contributed by atoms with Crippen LogP contribution in [0.4, 0.5) is 10.5 Å². The molecule has 0 bridgehead atoms. The maximum absolute atomic E-state index is 12.7. The lowest BCUT2D eigenvalue weighted by Gasteiger charge is -2.19. The van der Waals surface area contributed by atoms with Gasteiger partial charge in [0.25, 0.3) is 0 Å². The molecule has 28 heavy (non-hydrogen) atoms. The number of amides is 3. The molecule has 1 aromatic heterocycles. The summed E-state index contributed by atoms with van der Waals surface area (Å²) in [5.74, 6) is -0.00531. The number of carbonyl (C=O) groups is 2. The predicted molar refractivity (Wildman–Crippen MR) is 109 cm³/mol. The molecule has 0 atom stereocenters. The van der Waals surface area contributed by atoms with Crippen LogP contribution in [0.15, 0.2) is 24.3 Å². The molecule has 7 heteroatoms. The van der Waals surface area contributed by atoms with Gasteiger partial charge in [-0.3, -0.25) is 9.89 Å².